The molecule has 2 N–H and O–H groups in total. The molecule has 1 aromatic heterocycles. The van der Waals surface area contributed by atoms with Crippen molar-refractivity contribution < 1.29 is 4.42 Å². The van der Waals surface area contributed by atoms with Crippen molar-refractivity contribution in [2.75, 3.05) is 18.8 Å². The molecule has 0 saturated carbocycles. The highest BCUT2D eigenvalue weighted by atomic mass is 16.4. The molecular weight excluding hydrogens is 324 g/mol. The molecule has 4 rings (SSSR count). The Morgan fingerprint density at radius 3 is 2.38 bits per heavy atom. The smallest absolute Gasteiger partial charge is 0.336 e. The molecule has 134 valence electrons. The summed E-state index contributed by atoms with van der Waals surface area (Å²) in [5, 5.41) is 0.926. The van der Waals surface area contributed by atoms with Crippen molar-refractivity contribution in [3.8, 4) is 0 Å². The van der Waals surface area contributed by atoms with Gasteiger partial charge in [-0.15, -0.1) is 0 Å². The first kappa shape index (κ1) is 16.9. The van der Waals surface area contributed by atoms with Crippen LogP contribution in [-0.2, 0) is 19.4 Å². The lowest BCUT2D eigenvalue weighted by Crippen LogP contribution is -2.18. The zero-order chi connectivity index (χ0) is 17.9. The Labute approximate surface area is 153 Å². The number of fused-ring (bicyclic) bond motifs is 1. The van der Waals surface area contributed by atoms with Crippen molar-refractivity contribution in [2.45, 2.75) is 32.2 Å². The molecule has 26 heavy (non-hydrogen) atoms. The number of likely N-dealkylation sites (tertiary alicyclic amines) is 1. The summed E-state index contributed by atoms with van der Waals surface area (Å²) in [4.78, 5) is 13.9. The third-order valence-corrected chi connectivity index (χ3v) is 5.24. The average Bonchev–Trinajstić information content (AvgIpc) is 3.15. The van der Waals surface area contributed by atoms with E-state index >= 15 is 0 Å². The highest BCUT2D eigenvalue weighted by Crippen LogP contribution is 2.25. The molecule has 0 amide bonds. The number of nitrogens with two attached hydrogens (primary N) is 1. The first-order valence-electron chi connectivity index (χ1n) is 9.30. The fraction of sp³-hybridized carbons (Fsp3) is 0.318. The maximum absolute atomic E-state index is 11.4. The van der Waals surface area contributed by atoms with E-state index in [1.54, 1.807) is 6.07 Å². The summed E-state index contributed by atoms with van der Waals surface area (Å²) in [7, 11) is 0. The van der Waals surface area contributed by atoms with Crippen LogP contribution in [0.2, 0.25) is 0 Å². The van der Waals surface area contributed by atoms with Gasteiger partial charge in [-0.25, -0.2) is 4.79 Å². The second-order valence-electron chi connectivity index (χ2n) is 7.10. The molecule has 1 aliphatic heterocycles. The Hall–Kier alpha value is -2.59. The van der Waals surface area contributed by atoms with Crippen LogP contribution in [0.15, 0.2) is 57.7 Å². The maximum atomic E-state index is 11.4. The zero-order valence-corrected chi connectivity index (χ0v) is 14.9. The van der Waals surface area contributed by atoms with Crippen LogP contribution in [0.5, 0.6) is 0 Å². The van der Waals surface area contributed by atoms with E-state index in [0.717, 1.165) is 36.0 Å². The number of nitrogen functional groups attached to an aromatic ring is 1. The van der Waals surface area contributed by atoms with Crippen molar-refractivity contribution in [3.05, 3.63) is 75.6 Å². The lowest BCUT2D eigenvalue weighted by molar-refractivity contribution is 0.331. The number of aryl methyl sites for hydroxylation is 2. The first-order valence-corrected chi connectivity index (χ1v) is 9.30. The molecule has 3 aromatic rings. The summed E-state index contributed by atoms with van der Waals surface area (Å²) in [6.07, 6.45) is 4.38. The Morgan fingerprint density at radius 2 is 1.62 bits per heavy atom. The molecule has 1 fully saturated rings. The van der Waals surface area contributed by atoms with Gasteiger partial charge in [0.2, 0.25) is 0 Å². The molecule has 1 aliphatic rings. The normalized spacial score (nSPS) is 14.9. The van der Waals surface area contributed by atoms with Crippen molar-refractivity contribution >= 4 is 16.7 Å². The van der Waals surface area contributed by atoms with Gasteiger partial charge < -0.3 is 10.2 Å². The van der Waals surface area contributed by atoms with E-state index in [4.69, 9.17) is 10.2 Å². The van der Waals surface area contributed by atoms with Gasteiger partial charge in [-0.3, -0.25) is 4.90 Å². The molecule has 4 heteroatoms. The predicted molar refractivity (Wildman–Crippen MR) is 105 cm³/mol. The monoisotopic (exact) mass is 348 g/mol. The van der Waals surface area contributed by atoms with Gasteiger partial charge in [0.25, 0.3) is 0 Å². The van der Waals surface area contributed by atoms with Crippen LogP contribution >= 0.6 is 0 Å². The van der Waals surface area contributed by atoms with Crippen LogP contribution < -0.4 is 11.4 Å². The Kier molecular flexibility index (Phi) is 4.76. The fourth-order valence-electron chi connectivity index (χ4n) is 3.78. The topological polar surface area (TPSA) is 59.5 Å². The van der Waals surface area contributed by atoms with Crippen LogP contribution in [0.4, 0.5) is 5.69 Å². The van der Waals surface area contributed by atoms with Crippen LogP contribution in [0.3, 0.4) is 0 Å². The standard InChI is InChI=1S/C22H24N2O2/c23-20-10-11-21-19(9-12-22(25)26-21)18(20)8-7-16-3-5-17(6-4-16)15-24-13-1-2-14-24/h3-6,9-12H,1-2,7-8,13-15,23H2. The van der Waals surface area contributed by atoms with Crippen molar-refractivity contribution in [2.24, 2.45) is 0 Å². The van der Waals surface area contributed by atoms with Gasteiger partial charge in [-0.05, 0) is 73.7 Å². The average molecular weight is 348 g/mol. The van der Waals surface area contributed by atoms with E-state index in [2.05, 4.69) is 29.2 Å². The third kappa shape index (κ3) is 3.65. The number of rotatable bonds is 5. The van der Waals surface area contributed by atoms with E-state index in [9.17, 15) is 4.79 Å². The van der Waals surface area contributed by atoms with Gasteiger partial charge >= 0.3 is 5.63 Å². The maximum Gasteiger partial charge on any atom is 0.336 e. The first-order chi connectivity index (χ1) is 12.7. The van der Waals surface area contributed by atoms with E-state index in [0.29, 0.717) is 5.58 Å². The molecule has 4 nitrogen and oxygen atoms in total. The van der Waals surface area contributed by atoms with Crippen LogP contribution in [0.25, 0.3) is 11.0 Å². The molecule has 1 saturated heterocycles. The predicted octanol–water partition coefficient (Wildman–Crippen LogP) is 3.76. The fourth-order valence-corrected chi connectivity index (χ4v) is 3.78. The molecule has 0 aliphatic carbocycles. The number of hydrogen-bond acceptors (Lipinski definition) is 4. The Bertz CT molecular complexity index is 954. The molecule has 2 heterocycles. The summed E-state index contributed by atoms with van der Waals surface area (Å²) in [5.41, 5.74) is 10.9. The van der Waals surface area contributed by atoms with Gasteiger partial charge in [0, 0.05) is 23.7 Å². The van der Waals surface area contributed by atoms with Crippen molar-refractivity contribution in [1.82, 2.24) is 4.90 Å². The van der Waals surface area contributed by atoms with Gasteiger partial charge in [0.15, 0.2) is 0 Å². The van der Waals surface area contributed by atoms with Crippen molar-refractivity contribution in [3.63, 3.8) is 0 Å². The number of hydrogen-bond donors (Lipinski definition) is 1. The van der Waals surface area contributed by atoms with E-state index in [1.807, 2.05) is 12.1 Å². The van der Waals surface area contributed by atoms with Gasteiger partial charge in [-0.2, -0.15) is 0 Å². The number of nitrogens with zero attached hydrogens (tertiary/aromatic N) is 1. The second kappa shape index (κ2) is 7.34. The van der Waals surface area contributed by atoms with Gasteiger partial charge in [-0.1, -0.05) is 24.3 Å². The lowest BCUT2D eigenvalue weighted by Gasteiger charge is -2.15. The largest absolute Gasteiger partial charge is 0.423 e. The van der Waals surface area contributed by atoms with E-state index < -0.39 is 0 Å². The van der Waals surface area contributed by atoms with Crippen LogP contribution in [-0.4, -0.2) is 18.0 Å². The highest BCUT2D eigenvalue weighted by molar-refractivity contribution is 5.85. The van der Waals surface area contributed by atoms with Crippen LogP contribution in [0.1, 0.15) is 29.5 Å². The minimum atomic E-state index is -0.332. The van der Waals surface area contributed by atoms with Gasteiger partial charge in [0.05, 0.1) is 0 Å². The van der Waals surface area contributed by atoms with Crippen LogP contribution in [0, 0.1) is 0 Å². The summed E-state index contributed by atoms with van der Waals surface area (Å²) in [5.74, 6) is 0. The van der Waals surface area contributed by atoms with Crippen molar-refractivity contribution in [1.29, 1.82) is 0 Å². The highest BCUT2D eigenvalue weighted by Gasteiger charge is 2.12. The molecule has 0 unspecified atom stereocenters. The minimum Gasteiger partial charge on any atom is -0.423 e. The third-order valence-electron chi connectivity index (χ3n) is 5.24. The quantitative estimate of drug-likeness (QED) is 0.563. The van der Waals surface area contributed by atoms with E-state index in [-0.39, 0.29) is 5.63 Å². The zero-order valence-electron chi connectivity index (χ0n) is 14.9. The summed E-state index contributed by atoms with van der Waals surface area (Å²) >= 11 is 0. The molecule has 0 atom stereocenters. The summed E-state index contributed by atoms with van der Waals surface area (Å²) in [6, 6.07) is 15.8. The molecular formula is C22H24N2O2. The SMILES string of the molecule is Nc1ccc2oc(=O)ccc2c1CCc1ccc(CN2CCCC2)cc1. The number of benzene rings is 2. The lowest BCUT2D eigenvalue weighted by atomic mass is 9.99. The Morgan fingerprint density at radius 1 is 0.885 bits per heavy atom. The number of anilines is 1. The minimum absolute atomic E-state index is 0.332. The summed E-state index contributed by atoms with van der Waals surface area (Å²) < 4.78 is 5.27. The molecule has 0 spiro atoms. The second-order valence-corrected chi connectivity index (χ2v) is 7.10. The van der Waals surface area contributed by atoms with Gasteiger partial charge in [0.1, 0.15) is 5.58 Å². The molecule has 0 bridgehead atoms. The molecule has 2 aromatic carbocycles. The Balaban J connectivity index is 1.47. The molecule has 0 radical (unpaired) electrons. The summed E-state index contributed by atoms with van der Waals surface area (Å²) in [6.45, 7) is 3.49. The van der Waals surface area contributed by atoms with E-state index in [1.165, 1.54) is 43.1 Å².